The predicted octanol–water partition coefficient (Wildman–Crippen LogP) is 3.54. The highest BCUT2D eigenvalue weighted by Crippen LogP contribution is 2.32. The molecular weight excluding hydrogens is 336 g/mol. The molecule has 2 heterocycles. The van der Waals surface area contributed by atoms with E-state index < -0.39 is 10.9 Å². The van der Waals surface area contributed by atoms with Gasteiger partial charge in [-0.2, -0.15) is 0 Å². The average Bonchev–Trinajstić information content (AvgIpc) is 3.25. The van der Waals surface area contributed by atoms with Crippen LogP contribution in [-0.2, 0) is 0 Å². The van der Waals surface area contributed by atoms with Gasteiger partial charge in [0.2, 0.25) is 0 Å². The Morgan fingerprint density at radius 2 is 2.17 bits per heavy atom. The maximum Gasteiger partial charge on any atom is 0.363 e. The molecule has 0 amide bonds. The van der Waals surface area contributed by atoms with Crippen molar-refractivity contribution in [3.63, 3.8) is 0 Å². The first-order chi connectivity index (χ1) is 11.6. The van der Waals surface area contributed by atoms with Crippen molar-refractivity contribution in [2.75, 3.05) is 7.11 Å². The SMILES string of the molecule is COc1ccc([N+](=O)[O-])cc1OC(=O)c1csc(-c2ccoc2)n1. The molecule has 0 aliphatic carbocycles. The lowest BCUT2D eigenvalue weighted by Gasteiger charge is -2.07. The topological polar surface area (TPSA) is 105 Å². The number of hydrogen-bond donors (Lipinski definition) is 0. The fraction of sp³-hybridized carbons (Fsp3) is 0.0667. The zero-order valence-electron chi connectivity index (χ0n) is 12.3. The predicted molar refractivity (Wildman–Crippen MR) is 84.4 cm³/mol. The maximum atomic E-state index is 12.2. The molecule has 0 aliphatic heterocycles. The number of carbonyl (C=O) groups excluding carboxylic acids is 1. The Morgan fingerprint density at radius 1 is 1.33 bits per heavy atom. The van der Waals surface area contributed by atoms with Crippen LogP contribution >= 0.6 is 11.3 Å². The number of nitro groups is 1. The number of ether oxygens (including phenoxy) is 2. The number of methoxy groups -OCH3 is 1. The van der Waals surface area contributed by atoms with Crippen LogP contribution in [0.3, 0.4) is 0 Å². The van der Waals surface area contributed by atoms with E-state index in [0.717, 1.165) is 11.6 Å². The molecule has 0 N–H and O–H groups in total. The number of carbonyl (C=O) groups is 1. The van der Waals surface area contributed by atoms with Gasteiger partial charge in [-0.15, -0.1) is 11.3 Å². The van der Waals surface area contributed by atoms with E-state index in [1.165, 1.54) is 48.5 Å². The van der Waals surface area contributed by atoms with Crippen LogP contribution in [0.15, 0.2) is 46.6 Å². The van der Waals surface area contributed by atoms with Gasteiger partial charge >= 0.3 is 5.97 Å². The van der Waals surface area contributed by atoms with Crippen molar-refractivity contribution in [2.45, 2.75) is 0 Å². The number of furan rings is 1. The molecule has 0 saturated heterocycles. The van der Waals surface area contributed by atoms with E-state index in [-0.39, 0.29) is 22.9 Å². The monoisotopic (exact) mass is 346 g/mol. The minimum atomic E-state index is -0.736. The van der Waals surface area contributed by atoms with E-state index in [9.17, 15) is 14.9 Å². The van der Waals surface area contributed by atoms with Gasteiger partial charge in [0, 0.05) is 17.0 Å². The molecule has 0 saturated carbocycles. The summed E-state index contributed by atoms with van der Waals surface area (Å²) < 4.78 is 15.2. The summed E-state index contributed by atoms with van der Waals surface area (Å²) in [4.78, 5) is 26.7. The van der Waals surface area contributed by atoms with Gasteiger partial charge in [0.1, 0.15) is 11.3 Å². The zero-order chi connectivity index (χ0) is 17.1. The van der Waals surface area contributed by atoms with Crippen LogP contribution in [0.2, 0.25) is 0 Å². The summed E-state index contributed by atoms with van der Waals surface area (Å²) in [5, 5.41) is 13.0. The maximum absolute atomic E-state index is 12.2. The molecule has 9 heteroatoms. The Hall–Kier alpha value is -3.20. The van der Waals surface area contributed by atoms with Gasteiger partial charge in [-0.1, -0.05) is 0 Å². The molecule has 3 rings (SSSR count). The number of rotatable bonds is 5. The van der Waals surface area contributed by atoms with Gasteiger partial charge in [-0.25, -0.2) is 9.78 Å². The van der Waals surface area contributed by atoms with Crippen LogP contribution in [0, 0.1) is 10.1 Å². The molecule has 0 spiro atoms. The normalized spacial score (nSPS) is 10.4. The van der Waals surface area contributed by atoms with E-state index >= 15 is 0 Å². The molecule has 0 aliphatic rings. The van der Waals surface area contributed by atoms with E-state index in [1.54, 1.807) is 6.07 Å². The van der Waals surface area contributed by atoms with Gasteiger partial charge in [0.25, 0.3) is 5.69 Å². The molecule has 122 valence electrons. The van der Waals surface area contributed by atoms with Crippen molar-refractivity contribution in [1.29, 1.82) is 0 Å². The highest BCUT2D eigenvalue weighted by atomic mass is 32.1. The molecule has 1 aromatic carbocycles. The molecule has 0 fully saturated rings. The van der Waals surface area contributed by atoms with Crippen molar-refractivity contribution >= 4 is 23.0 Å². The summed E-state index contributed by atoms with van der Waals surface area (Å²) in [7, 11) is 1.37. The minimum Gasteiger partial charge on any atom is -0.493 e. The summed E-state index contributed by atoms with van der Waals surface area (Å²) in [5.41, 5.74) is 0.618. The number of esters is 1. The average molecular weight is 346 g/mol. The Balaban J connectivity index is 1.84. The summed E-state index contributed by atoms with van der Waals surface area (Å²) >= 11 is 1.25. The van der Waals surface area contributed by atoms with Crippen LogP contribution < -0.4 is 9.47 Å². The molecule has 0 atom stereocenters. The van der Waals surface area contributed by atoms with Crippen molar-refractivity contribution in [2.24, 2.45) is 0 Å². The second kappa shape index (κ2) is 6.50. The third-order valence-corrected chi connectivity index (χ3v) is 3.93. The van der Waals surface area contributed by atoms with Crippen LogP contribution in [-0.4, -0.2) is 23.0 Å². The van der Waals surface area contributed by atoms with Crippen molar-refractivity contribution in [3.8, 4) is 22.1 Å². The van der Waals surface area contributed by atoms with Crippen LogP contribution in [0.4, 0.5) is 5.69 Å². The van der Waals surface area contributed by atoms with Crippen molar-refractivity contribution < 1.29 is 23.6 Å². The number of benzene rings is 1. The van der Waals surface area contributed by atoms with E-state index in [2.05, 4.69) is 4.98 Å². The molecule has 0 bridgehead atoms. The number of thiazole rings is 1. The van der Waals surface area contributed by atoms with E-state index in [1.807, 2.05) is 0 Å². The number of nitrogens with zero attached hydrogens (tertiary/aromatic N) is 2. The molecule has 24 heavy (non-hydrogen) atoms. The molecule has 8 nitrogen and oxygen atoms in total. The standard InChI is InChI=1S/C15H10N2O6S/c1-21-12-3-2-10(17(19)20)6-13(12)23-15(18)11-8-24-14(16-11)9-4-5-22-7-9/h2-8H,1H3. The largest absolute Gasteiger partial charge is 0.493 e. The Labute approximate surface area is 139 Å². The first-order valence-corrected chi connectivity index (χ1v) is 7.49. The van der Waals surface area contributed by atoms with Crippen molar-refractivity contribution in [1.82, 2.24) is 4.98 Å². The Morgan fingerprint density at radius 3 is 2.83 bits per heavy atom. The molecule has 0 radical (unpaired) electrons. The van der Waals surface area contributed by atoms with Gasteiger partial charge in [-0.3, -0.25) is 10.1 Å². The lowest BCUT2D eigenvalue weighted by atomic mass is 10.3. The lowest BCUT2D eigenvalue weighted by Crippen LogP contribution is -2.10. The summed E-state index contributed by atoms with van der Waals surface area (Å²) in [6.45, 7) is 0. The zero-order valence-corrected chi connectivity index (χ0v) is 13.1. The fourth-order valence-electron chi connectivity index (χ4n) is 1.90. The smallest absolute Gasteiger partial charge is 0.363 e. The molecule has 2 aromatic heterocycles. The second-order valence-electron chi connectivity index (χ2n) is 4.53. The third-order valence-electron chi connectivity index (χ3n) is 3.04. The summed E-state index contributed by atoms with van der Waals surface area (Å²) in [5.74, 6) is -0.575. The van der Waals surface area contributed by atoms with E-state index in [0.29, 0.717) is 5.01 Å². The van der Waals surface area contributed by atoms with Crippen molar-refractivity contribution in [3.05, 3.63) is 58.0 Å². The van der Waals surface area contributed by atoms with Crippen LogP contribution in [0.5, 0.6) is 11.5 Å². The highest BCUT2D eigenvalue weighted by Gasteiger charge is 2.19. The quantitative estimate of drug-likeness (QED) is 0.301. The van der Waals surface area contributed by atoms with E-state index in [4.69, 9.17) is 13.9 Å². The van der Waals surface area contributed by atoms with Crippen LogP contribution in [0.25, 0.3) is 10.6 Å². The first-order valence-electron chi connectivity index (χ1n) is 6.61. The Kier molecular flexibility index (Phi) is 4.25. The minimum absolute atomic E-state index is 0.0467. The van der Waals surface area contributed by atoms with Crippen LogP contribution in [0.1, 0.15) is 10.5 Å². The highest BCUT2D eigenvalue weighted by molar-refractivity contribution is 7.13. The third kappa shape index (κ3) is 3.10. The number of aromatic nitrogens is 1. The molecular formula is C15H10N2O6S. The Bertz CT molecular complexity index is 887. The number of nitro benzene ring substituents is 1. The molecule has 0 unspecified atom stereocenters. The number of non-ortho nitro benzene ring substituents is 1. The summed E-state index contributed by atoms with van der Waals surface area (Å²) in [6.07, 6.45) is 3.01. The first kappa shape index (κ1) is 15.7. The van der Waals surface area contributed by atoms with Gasteiger partial charge < -0.3 is 13.9 Å². The fourth-order valence-corrected chi connectivity index (χ4v) is 2.67. The molecule has 3 aromatic rings. The van der Waals surface area contributed by atoms with Gasteiger partial charge in [0.15, 0.2) is 17.2 Å². The number of hydrogen-bond acceptors (Lipinski definition) is 8. The lowest BCUT2D eigenvalue weighted by molar-refractivity contribution is -0.384. The second-order valence-corrected chi connectivity index (χ2v) is 5.39. The van der Waals surface area contributed by atoms with Gasteiger partial charge in [-0.05, 0) is 12.1 Å². The van der Waals surface area contributed by atoms with Gasteiger partial charge in [0.05, 0.1) is 24.4 Å². The summed E-state index contributed by atoms with van der Waals surface area (Å²) in [6, 6.07) is 5.46.